The van der Waals surface area contributed by atoms with Gasteiger partial charge < -0.3 is 9.84 Å². The number of carbonyl (C=O) groups excluding carboxylic acids is 1. The van der Waals surface area contributed by atoms with Gasteiger partial charge in [0.1, 0.15) is 12.4 Å². The third-order valence-corrected chi connectivity index (χ3v) is 3.10. The van der Waals surface area contributed by atoms with Crippen LogP contribution in [0.25, 0.3) is 0 Å². The molecule has 0 aliphatic carbocycles. The Morgan fingerprint density at radius 1 is 1.53 bits per heavy atom. The summed E-state index contributed by atoms with van der Waals surface area (Å²) in [5, 5.41) is 10.5. The number of hydrogen-bond acceptors (Lipinski definition) is 3. The lowest BCUT2D eigenvalue weighted by Crippen LogP contribution is -2.37. The molecule has 17 heavy (non-hydrogen) atoms. The van der Waals surface area contributed by atoms with Gasteiger partial charge in [-0.15, -0.1) is 0 Å². The Morgan fingerprint density at radius 2 is 2.18 bits per heavy atom. The summed E-state index contributed by atoms with van der Waals surface area (Å²) in [6.07, 6.45) is 0.686. The lowest BCUT2D eigenvalue weighted by atomic mass is 9.94. The van der Waals surface area contributed by atoms with Crippen molar-refractivity contribution in [3.05, 3.63) is 28.8 Å². The summed E-state index contributed by atoms with van der Waals surface area (Å²) in [5.41, 5.74) is -0.545. The van der Waals surface area contributed by atoms with Crippen molar-refractivity contribution >= 4 is 17.9 Å². The second-order valence-electron chi connectivity index (χ2n) is 4.60. The van der Waals surface area contributed by atoms with Gasteiger partial charge in [0, 0.05) is 5.02 Å². The van der Waals surface area contributed by atoms with Gasteiger partial charge >= 0.3 is 0 Å². The Morgan fingerprint density at radius 3 is 2.71 bits per heavy atom. The van der Waals surface area contributed by atoms with Gasteiger partial charge in [-0.25, -0.2) is 0 Å². The van der Waals surface area contributed by atoms with Gasteiger partial charge in [-0.2, -0.15) is 0 Å². The number of benzene rings is 1. The van der Waals surface area contributed by atoms with E-state index in [1.165, 1.54) is 6.07 Å². The Labute approximate surface area is 106 Å². The smallest absolute Gasteiger partial charge is 0.153 e. The quantitative estimate of drug-likeness (QED) is 0.824. The highest BCUT2D eigenvalue weighted by atomic mass is 35.5. The van der Waals surface area contributed by atoms with Gasteiger partial charge in [-0.05, 0) is 31.0 Å². The number of rotatable bonds is 5. The molecule has 1 aromatic rings. The zero-order valence-electron chi connectivity index (χ0n) is 10.2. The highest BCUT2D eigenvalue weighted by molar-refractivity contribution is 6.30. The molecule has 0 saturated carbocycles. The van der Waals surface area contributed by atoms with Crippen molar-refractivity contribution in [3.8, 4) is 5.75 Å². The Hall–Kier alpha value is -1.06. The van der Waals surface area contributed by atoms with Crippen molar-refractivity contribution in [3.63, 3.8) is 0 Å². The number of hydrogen-bond donors (Lipinski definition) is 1. The zero-order valence-corrected chi connectivity index (χ0v) is 11.0. The highest BCUT2D eigenvalue weighted by Crippen LogP contribution is 2.24. The van der Waals surface area contributed by atoms with Gasteiger partial charge in [0.2, 0.25) is 0 Å². The minimum atomic E-state index is -0.931. The SMILES string of the molecule is CC(C)C(C)(O)COc1ccc(Cl)cc1C=O. The van der Waals surface area contributed by atoms with Crippen LogP contribution in [0.4, 0.5) is 0 Å². The van der Waals surface area contributed by atoms with Crippen LogP contribution in [0.15, 0.2) is 18.2 Å². The third kappa shape index (κ3) is 3.72. The maximum Gasteiger partial charge on any atom is 0.153 e. The van der Waals surface area contributed by atoms with Crippen molar-refractivity contribution in [2.45, 2.75) is 26.4 Å². The van der Waals surface area contributed by atoms with E-state index in [9.17, 15) is 9.90 Å². The summed E-state index contributed by atoms with van der Waals surface area (Å²) in [6.45, 7) is 5.65. The molecule has 1 aromatic carbocycles. The first kappa shape index (κ1) is 14.0. The Bertz CT molecular complexity index is 400. The first-order valence-electron chi connectivity index (χ1n) is 5.46. The number of halogens is 1. The van der Waals surface area contributed by atoms with Crippen LogP contribution in [0.2, 0.25) is 5.02 Å². The molecule has 0 bridgehead atoms. The molecule has 0 spiro atoms. The van der Waals surface area contributed by atoms with Gasteiger partial charge in [0.25, 0.3) is 0 Å². The fourth-order valence-corrected chi connectivity index (χ4v) is 1.31. The van der Waals surface area contributed by atoms with E-state index in [0.29, 0.717) is 22.6 Å². The highest BCUT2D eigenvalue weighted by Gasteiger charge is 2.26. The number of aliphatic hydroxyl groups is 1. The summed E-state index contributed by atoms with van der Waals surface area (Å²) in [4.78, 5) is 10.8. The molecule has 1 N–H and O–H groups in total. The van der Waals surface area contributed by atoms with E-state index < -0.39 is 5.60 Å². The molecule has 3 nitrogen and oxygen atoms in total. The minimum absolute atomic E-state index is 0.0643. The van der Waals surface area contributed by atoms with Crippen molar-refractivity contribution in [1.82, 2.24) is 0 Å². The molecule has 0 aliphatic rings. The average molecular weight is 257 g/mol. The monoisotopic (exact) mass is 256 g/mol. The standard InChI is InChI=1S/C13H17ClO3/c1-9(2)13(3,16)8-17-12-5-4-11(14)6-10(12)7-15/h4-7,9,16H,8H2,1-3H3. The number of carbonyl (C=O) groups is 1. The van der Waals surface area contributed by atoms with Gasteiger partial charge in [-0.1, -0.05) is 25.4 Å². The van der Waals surface area contributed by atoms with Gasteiger partial charge in [0.05, 0.1) is 11.2 Å². The summed E-state index contributed by atoms with van der Waals surface area (Å²) in [5.74, 6) is 0.500. The molecule has 94 valence electrons. The first-order chi connectivity index (χ1) is 7.86. The second kappa shape index (κ2) is 5.52. The van der Waals surface area contributed by atoms with Crippen LogP contribution in [0.5, 0.6) is 5.75 Å². The molecule has 1 unspecified atom stereocenters. The lowest BCUT2D eigenvalue weighted by Gasteiger charge is -2.27. The van der Waals surface area contributed by atoms with E-state index in [2.05, 4.69) is 0 Å². The molecule has 0 heterocycles. The molecule has 1 rings (SSSR count). The number of aldehydes is 1. The van der Waals surface area contributed by atoms with E-state index in [1.807, 2.05) is 13.8 Å². The van der Waals surface area contributed by atoms with Crippen LogP contribution in [-0.4, -0.2) is 23.6 Å². The summed E-state index contributed by atoms with van der Waals surface area (Å²) in [6, 6.07) is 4.81. The lowest BCUT2D eigenvalue weighted by molar-refractivity contribution is -0.0267. The summed E-state index contributed by atoms with van der Waals surface area (Å²) in [7, 11) is 0. The maximum atomic E-state index is 10.8. The largest absolute Gasteiger partial charge is 0.490 e. The fourth-order valence-electron chi connectivity index (χ4n) is 1.13. The topological polar surface area (TPSA) is 46.5 Å². The van der Waals surface area contributed by atoms with Crippen LogP contribution in [0.1, 0.15) is 31.1 Å². The minimum Gasteiger partial charge on any atom is -0.490 e. The van der Waals surface area contributed by atoms with Crippen molar-refractivity contribution in [1.29, 1.82) is 0 Å². The zero-order chi connectivity index (χ0) is 13.1. The van der Waals surface area contributed by atoms with Crippen molar-refractivity contribution in [2.24, 2.45) is 5.92 Å². The maximum absolute atomic E-state index is 10.8. The van der Waals surface area contributed by atoms with E-state index in [1.54, 1.807) is 19.1 Å². The molecule has 0 fully saturated rings. The Balaban J connectivity index is 2.79. The van der Waals surface area contributed by atoms with E-state index in [0.717, 1.165) is 0 Å². The van der Waals surface area contributed by atoms with Crippen LogP contribution < -0.4 is 4.74 Å². The molecule has 0 saturated heterocycles. The predicted molar refractivity (Wildman–Crippen MR) is 67.8 cm³/mol. The molecule has 0 amide bonds. The van der Waals surface area contributed by atoms with Gasteiger partial charge in [0.15, 0.2) is 6.29 Å². The van der Waals surface area contributed by atoms with Crippen molar-refractivity contribution in [2.75, 3.05) is 6.61 Å². The molecule has 1 atom stereocenters. The van der Waals surface area contributed by atoms with Crippen molar-refractivity contribution < 1.29 is 14.6 Å². The number of ether oxygens (including phenoxy) is 1. The van der Waals surface area contributed by atoms with Crippen LogP contribution >= 0.6 is 11.6 Å². The van der Waals surface area contributed by atoms with Crippen LogP contribution in [0, 0.1) is 5.92 Å². The first-order valence-corrected chi connectivity index (χ1v) is 5.84. The molecule has 0 aliphatic heterocycles. The normalized spacial score (nSPS) is 14.5. The average Bonchev–Trinajstić information content (AvgIpc) is 2.27. The second-order valence-corrected chi connectivity index (χ2v) is 5.04. The van der Waals surface area contributed by atoms with Crippen LogP contribution in [0.3, 0.4) is 0 Å². The summed E-state index contributed by atoms with van der Waals surface area (Å²) >= 11 is 5.77. The third-order valence-electron chi connectivity index (χ3n) is 2.86. The van der Waals surface area contributed by atoms with E-state index in [4.69, 9.17) is 16.3 Å². The van der Waals surface area contributed by atoms with E-state index >= 15 is 0 Å². The molecule has 4 heteroatoms. The van der Waals surface area contributed by atoms with Crippen LogP contribution in [-0.2, 0) is 0 Å². The Kier molecular flexibility index (Phi) is 4.54. The van der Waals surface area contributed by atoms with Gasteiger partial charge in [-0.3, -0.25) is 4.79 Å². The molecular weight excluding hydrogens is 240 g/mol. The summed E-state index contributed by atoms with van der Waals surface area (Å²) < 4.78 is 5.47. The van der Waals surface area contributed by atoms with E-state index in [-0.39, 0.29) is 12.5 Å². The molecule has 0 radical (unpaired) electrons. The fraction of sp³-hybridized carbons (Fsp3) is 0.462. The predicted octanol–water partition coefficient (Wildman–Crippen LogP) is 2.94. The molecule has 0 aromatic heterocycles. The molecular formula is C13H17ClO3.